The van der Waals surface area contributed by atoms with Crippen LogP contribution in [0.3, 0.4) is 0 Å². The van der Waals surface area contributed by atoms with E-state index in [9.17, 15) is 9.90 Å². The SMILES string of the molecule is COc1ccc(C(O)CN(C)C=O)cc1OC. The average Bonchev–Trinajstić information content (AvgIpc) is 2.37. The highest BCUT2D eigenvalue weighted by molar-refractivity contribution is 5.47. The van der Waals surface area contributed by atoms with E-state index < -0.39 is 6.10 Å². The first kappa shape index (κ1) is 13.3. The van der Waals surface area contributed by atoms with Gasteiger partial charge >= 0.3 is 0 Å². The summed E-state index contributed by atoms with van der Waals surface area (Å²) in [7, 11) is 4.69. The number of ether oxygens (including phenoxy) is 2. The predicted molar refractivity (Wildman–Crippen MR) is 63.2 cm³/mol. The second-order valence-electron chi connectivity index (χ2n) is 3.68. The quantitative estimate of drug-likeness (QED) is 0.747. The summed E-state index contributed by atoms with van der Waals surface area (Å²) >= 11 is 0. The molecule has 0 bridgehead atoms. The second-order valence-corrected chi connectivity index (χ2v) is 3.68. The number of aliphatic hydroxyl groups is 1. The van der Waals surface area contributed by atoms with E-state index in [1.165, 1.54) is 12.0 Å². The Bertz CT molecular complexity index is 381. The van der Waals surface area contributed by atoms with Crippen LogP contribution < -0.4 is 9.47 Å². The number of carbonyl (C=O) groups is 1. The van der Waals surface area contributed by atoms with Crippen molar-refractivity contribution in [2.24, 2.45) is 0 Å². The minimum absolute atomic E-state index is 0.235. The topological polar surface area (TPSA) is 59.0 Å². The average molecular weight is 239 g/mol. The molecule has 0 radical (unpaired) electrons. The van der Waals surface area contributed by atoms with Gasteiger partial charge in [0.2, 0.25) is 6.41 Å². The molecule has 0 heterocycles. The predicted octanol–water partition coefficient (Wildman–Crippen LogP) is 0.825. The standard InChI is InChI=1S/C12H17NO4/c1-13(8-14)7-10(15)9-4-5-11(16-2)12(6-9)17-3/h4-6,8,10,15H,7H2,1-3H3. The molecule has 0 aromatic heterocycles. The number of aliphatic hydroxyl groups excluding tert-OH is 1. The maximum atomic E-state index is 10.5. The number of nitrogens with zero attached hydrogens (tertiary/aromatic N) is 1. The number of likely N-dealkylation sites (N-methyl/N-ethyl adjacent to an activating group) is 1. The first-order chi connectivity index (χ1) is 8.12. The molecule has 5 nitrogen and oxygen atoms in total. The second kappa shape index (κ2) is 6.10. The summed E-state index contributed by atoms with van der Waals surface area (Å²) in [6, 6.07) is 5.16. The maximum absolute atomic E-state index is 10.5. The van der Waals surface area contributed by atoms with E-state index in [4.69, 9.17) is 9.47 Å². The van der Waals surface area contributed by atoms with Gasteiger partial charge in [0.05, 0.1) is 26.9 Å². The van der Waals surface area contributed by atoms with Crippen LogP contribution in [-0.2, 0) is 4.79 Å². The van der Waals surface area contributed by atoms with Crippen LogP contribution in [0.1, 0.15) is 11.7 Å². The molecule has 0 fully saturated rings. The van der Waals surface area contributed by atoms with Crippen LogP contribution in [0, 0.1) is 0 Å². The third kappa shape index (κ3) is 3.35. The summed E-state index contributed by atoms with van der Waals surface area (Å²) in [6.45, 7) is 0.235. The van der Waals surface area contributed by atoms with E-state index in [1.807, 2.05) is 0 Å². The van der Waals surface area contributed by atoms with Crippen molar-refractivity contribution in [3.05, 3.63) is 23.8 Å². The van der Waals surface area contributed by atoms with Crippen molar-refractivity contribution in [3.63, 3.8) is 0 Å². The zero-order valence-electron chi connectivity index (χ0n) is 10.2. The van der Waals surface area contributed by atoms with Gasteiger partial charge in [0.15, 0.2) is 11.5 Å². The molecule has 17 heavy (non-hydrogen) atoms. The molecule has 1 amide bonds. The van der Waals surface area contributed by atoms with Gasteiger partial charge in [0.25, 0.3) is 0 Å². The van der Waals surface area contributed by atoms with Gasteiger partial charge in [-0.2, -0.15) is 0 Å². The van der Waals surface area contributed by atoms with Gasteiger partial charge in [-0.05, 0) is 17.7 Å². The van der Waals surface area contributed by atoms with Crippen LogP contribution in [0.25, 0.3) is 0 Å². The van der Waals surface area contributed by atoms with E-state index in [1.54, 1.807) is 32.4 Å². The molecule has 1 rings (SSSR count). The molecule has 94 valence electrons. The molecule has 0 saturated carbocycles. The van der Waals surface area contributed by atoms with Gasteiger partial charge in [-0.15, -0.1) is 0 Å². The minimum atomic E-state index is -0.745. The fraction of sp³-hybridized carbons (Fsp3) is 0.417. The molecule has 0 aliphatic heterocycles. The van der Waals surface area contributed by atoms with Gasteiger partial charge in [0, 0.05) is 7.05 Å². The highest BCUT2D eigenvalue weighted by atomic mass is 16.5. The van der Waals surface area contributed by atoms with Crippen molar-refractivity contribution in [1.82, 2.24) is 4.90 Å². The van der Waals surface area contributed by atoms with Gasteiger partial charge < -0.3 is 19.5 Å². The number of benzene rings is 1. The van der Waals surface area contributed by atoms with Crippen LogP contribution in [0.2, 0.25) is 0 Å². The van der Waals surface area contributed by atoms with Crippen LogP contribution >= 0.6 is 0 Å². The van der Waals surface area contributed by atoms with Crippen molar-refractivity contribution in [3.8, 4) is 11.5 Å². The lowest BCUT2D eigenvalue weighted by Crippen LogP contribution is -2.22. The summed E-state index contributed by atoms with van der Waals surface area (Å²) in [6.07, 6.45) is -0.0748. The minimum Gasteiger partial charge on any atom is -0.493 e. The van der Waals surface area contributed by atoms with E-state index in [-0.39, 0.29) is 6.54 Å². The molecule has 0 aliphatic carbocycles. The molecule has 0 saturated heterocycles. The molecule has 1 N–H and O–H groups in total. The normalized spacial score (nSPS) is 11.8. The third-order valence-corrected chi connectivity index (χ3v) is 2.43. The lowest BCUT2D eigenvalue weighted by atomic mass is 10.1. The van der Waals surface area contributed by atoms with Crippen molar-refractivity contribution in [2.45, 2.75) is 6.10 Å². The molecule has 1 unspecified atom stereocenters. The van der Waals surface area contributed by atoms with E-state index in [2.05, 4.69) is 0 Å². The molecule has 1 atom stereocenters. The Labute approximate surface area is 101 Å². The summed E-state index contributed by atoms with van der Waals surface area (Å²) in [4.78, 5) is 11.8. The van der Waals surface area contributed by atoms with Gasteiger partial charge in [-0.3, -0.25) is 4.79 Å². The Morgan fingerprint density at radius 2 is 2.00 bits per heavy atom. The lowest BCUT2D eigenvalue weighted by Gasteiger charge is -2.18. The Kier molecular flexibility index (Phi) is 4.78. The summed E-state index contributed by atoms with van der Waals surface area (Å²) in [5.41, 5.74) is 0.677. The highest BCUT2D eigenvalue weighted by Crippen LogP contribution is 2.29. The lowest BCUT2D eigenvalue weighted by molar-refractivity contribution is -0.118. The van der Waals surface area contributed by atoms with Gasteiger partial charge in [-0.1, -0.05) is 6.07 Å². The number of methoxy groups -OCH3 is 2. The van der Waals surface area contributed by atoms with Crippen LogP contribution in [0.5, 0.6) is 11.5 Å². The van der Waals surface area contributed by atoms with Crippen molar-refractivity contribution < 1.29 is 19.4 Å². The van der Waals surface area contributed by atoms with Gasteiger partial charge in [0.1, 0.15) is 0 Å². The van der Waals surface area contributed by atoms with Crippen molar-refractivity contribution in [1.29, 1.82) is 0 Å². The summed E-state index contributed by atoms with van der Waals surface area (Å²) in [5.74, 6) is 1.16. The summed E-state index contributed by atoms with van der Waals surface area (Å²) < 4.78 is 10.2. The summed E-state index contributed by atoms with van der Waals surface area (Å²) in [5, 5.41) is 9.91. The fourth-order valence-electron chi connectivity index (χ4n) is 1.48. The van der Waals surface area contributed by atoms with E-state index in [0.29, 0.717) is 23.5 Å². The third-order valence-electron chi connectivity index (χ3n) is 2.43. The number of carbonyl (C=O) groups excluding carboxylic acids is 1. The molecule has 0 aliphatic rings. The Morgan fingerprint density at radius 3 is 2.53 bits per heavy atom. The maximum Gasteiger partial charge on any atom is 0.209 e. The molecule has 0 spiro atoms. The number of hydrogen-bond acceptors (Lipinski definition) is 4. The monoisotopic (exact) mass is 239 g/mol. The first-order valence-corrected chi connectivity index (χ1v) is 5.18. The number of rotatable bonds is 6. The Morgan fingerprint density at radius 1 is 1.35 bits per heavy atom. The van der Waals surface area contributed by atoms with Crippen molar-refractivity contribution >= 4 is 6.41 Å². The van der Waals surface area contributed by atoms with Crippen LogP contribution in [0.15, 0.2) is 18.2 Å². The largest absolute Gasteiger partial charge is 0.493 e. The zero-order valence-corrected chi connectivity index (χ0v) is 10.2. The molecular formula is C12H17NO4. The van der Waals surface area contributed by atoms with Crippen LogP contribution in [-0.4, -0.2) is 44.2 Å². The van der Waals surface area contributed by atoms with E-state index in [0.717, 1.165) is 0 Å². The molecule has 5 heteroatoms. The van der Waals surface area contributed by atoms with Crippen LogP contribution in [0.4, 0.5) is 0 Å². The highest BCUT2D eigenvalue weighted by Gasteiger charge is 2.13. The van der Waals surface area contributed by atoms with E-state index >= 15 is 0 Å². The molecule has 1 aromatic carbocycles. The number of hydrogen-bond donors (Lipinski definition) is 1. The molecule has 1 aromatic rings. The Balaban J connectivity index is 2.87. The first-order valence-electron chi connectivity index (χ1n) is 5.18. The zero-order chi connectivity index (χ0) is 12.8. The smallest absolute Gasteiger partial charge is 0.209 e. The Hall–Kier alpha value is -1.75. The van der Waals surface area contributed by atoms with Gasteiger partial charge in [-0.25, -0.2) is 0 Å². The number of amides is 1. The van der Waals surface area contributed by atoms with Crippen molar-refractivity contribution in [2.75, 3.05) is 27.8 Å². The fourth-order valence-corrected chi connectivity index (χ4v) is 1.48. The molecular weight excluding hydrogens is 222 g/mol.